The Morgan fingerprint density at radius 1 is 1.09 bits per heavy atom. The number of alkyl halides is 3. The molecule has 6 heteroatoms. The quantitative estimate of drug-likeness (QED) is 0.315. The van der Waals surface area contributed by atoms with Gasteiger partial charge < -0.3 is 4.74 Å². The van der Waals surface area contributed by atoms with Gasteiger partial charge in [-0.3, -0.25) is 4.79 Å². The van der Waals surface area contributed by atoms with E-state index in [4.69, 9.17) is 4.74 Å². The predicted octanol–water partition coefficient (Wildman–Crippen LogP) is 5.74. The Bertz CT molecular complexity index is 283. The summed E-state index contributed by atoms with van der Waals surface area (Å²) in [6.07, 6.45) is 1.40. The predicted molar refractivity (Wildman–Crippen MR) is 86.2 cm³/mol. The van der Waals surface area contributed by atoms with E-state index >= 15 is 0 Å². The number of hydrogen-bond donors (Lipinski definition) is 0. The van der Waals surface area contributed by atoms with E-state index in [1.165, 1.54) is 0 Å². The zero-order valence-electron chi connectivity index (χ0n) is 13.7. The van der Waals surface area contributed by atoms with E-state index < -0.39 is 12.6 Å². The van der Waals surface area contributed by atoms with Crippen molar-refractivity contribution in [2.75, 3.05) is 12.4 Å². The fourth-order valence-electron chi connectivity index (χ4n) is 1.92. The number of hydrogen-bond acceptors (Lipinski definition) is 3. The molecule has 0 aliphatic heterocycles. The van der Waals surface area contributed by atoms with Crippen molar-refractivity contribution in [3.05, 3.63) is 0 Å². The maximum Gasteiger partial charge on any atom is 0.389 e. The molecule has 0 aromatic carbocycles. The van der Waals surface area contributed by atoms with E-state index in [0.29, 0.717) is 19.4 Å². The Morgan fingerprint density at radius 2 is 1.77 bits per heavy atom. The first-order valence-corrected chi connectivity index (χ1v) is 9.24. The van der Waals surface area contributed by atoms with Crippen molar-refractivity contribution in [3.63, 3.8) is 0 Å². The molecule has 0 spiro atoms. The second-order valence-corrected chi connectivity index (χ2v) is 7.15. The molecule has 0 radical (unpaired) electrons. The molecule has 132 valence electrons. The van der Waals surface area contributed by atoms with E-state index in [-0.39, 0.29) is 17.6 Å². The summed E-state index contributed by atoms with van der Waals surface area (Å²) in [4.78, 5) is 11.4. The minimum Gasteiger partial charge on any atom is -0.465 e. The van der Waals surface area contributed by atoms with Gasteiger partial charge in [-0.25, -0.2) is 0 Å². The highest BCUT2D eigenvalue weighted by Crippen LogP contribution is 2.23. The summed E-state index contributed by atoms with van der Waals surface area (Å²) in [5.41, 5.74) is 0. The minimum absolute atomic E-state index is 0.131. The smallest absolute Gasteiger partial charge is 0.389 e. The summed E-state index contributed by atoms with van der Waals surface area (Å²) >= 11 is 1.71. The SMILES string of the molecule is CCCCCC(=O)OCC(C)SCCCCCCC(F)(F)F. The number of esters is 1. The molecule has 0 bridgehead atoms. The summed E-state index contributed by atoms with van der Waals surface area (Å²) in [5.74, 6) is 0.772. The third-order valence-electron chi connectivity index (χ3n) is 3.22. The molecule has 1 unspecified atom stereocenters. The van der Waals surface area contributed by atoms with Crippen LogP contribution in [0.5, 0.6) is 0 Å². The normalized spacial score (nSPS) is 13.1. The molecule has 0 amide bonds. The first-order chi connectivity index (χ1) is 10.3. The molecular formula is C16H29F3O2S. The largest absolute Gasteiger partial charge is 0.465 e. The summed E-state index contributed by atoms with van der Waals surface area (Å²) < 4.78 is 41.0. The zero-order valence-corrected chi connectivity index (χ0v) is 14.5. The van der Waals surface area contributed by atoms with Crippen LogP contribution in [-0.4, -0.2) is 29.8 Å². The van der Waals surface area contributed by atoms with Gasteiger partial charge >= 0.3 is 12.1 Å². The Hall–Kier alpha value is -0.390. The Morgan fingerprint density at radius 3 is 2.41 bits per heavy atom. The standard InChI is InChI=1S/C16H29F3O2S/c1-3-4-7-10-15(20)21-13-14(2)22-12-9-6-5-8-11-16(17,18)19/h14H,3-13H2,1-2H3. The Balaban J connectivity index is 3.39. The molecule has 0 aromatic rings. The van der Waals surface area contributed by atoms with Gasteiger partial charge in [0.25, 0.3) is 0 Å². The van der Waals surface area contributed by atoms with Crippen LogP contribution in [0.25, 0.3) is 0 Å². The second kappa shape index (κ2) is 13.1. The Kier molecular flexibility index (Phi) is 12.9. The highest BCUT2D eigenvalue weighted by atomic mass is 32.2. The second-order valence-electron chi connectivity index (χ2n) is 5.60. The number of ether oxygens (including phenoxy) is 1. The lowest BCUT2D eigenvalue weighted by atomic mass is 10.1. The first kappa shape index (κ1) is 21.6. The van der Waals surface area contributed by atoms with Crippen molar-refractivity contribution >= 4 is 17.7 Å². The van der Waals surface area contributed by atoms with Gasteiger partial charge in [0.1, 0.15) is 6.61 Å². The van der Waals surface area contributed by atoms with E-state index in [1.807, 2.05) is 6.92 Å². The van der Waals surface area contributed by atoms with Crippen LogP contribution >= 0.6 is 11.8 Å². The van der Waals surface area contributed by atoms with Gasteiger partial charge in [0.05, 0.1) is 0 Å². The topological polar surface area (TPSA) is 26.3 Å². The van der Waals surface area contributed by atoms with Crippen LogP contribution in [0.1, 0.15) is 71.6 Å². The van der Waals surface area contributed by atoms with E-state index in [1.54, 1.807) is 11.8 Å². The summed E-state index contributed by atoms with van der Waals surface area (Å²) in [5, 5.41) is 0.241. The van der Waals surface area contributed by atoms with Crippen molar-refractivity contribution in [1.29, 1.82) is 0 Å². The van der Waals surface area contributed by atoms with Crippen LogP contribution in [0.2, 0.25) is 0 Å². The molecule has 2 nitrogen and oxygen atoms in total. The molecule has 0 saturated heterocycles. The third-order valence-corrected chi connectivity index (χ3v) is 4.45. The molecule has 0 heterocycles. The lowest BCUT2D eigenvalue weighted by Gasteiger charge is -2.12. The van der Waals surface area contributed by atoms with Crippen LogP contribution in [0.15, 0.2) is 0 Å². The van der Waals surface area contributed by atoms with Crippen molar-refractivity contribution < 1.29 is 22.7 Å². The lowest BCUT2D eigenvalue weighted by Crippen LogP contribution is -2.13. The fraction of sp³-hybridized carbons (Fsp3) is 0.938. The number of thioether (sulfide) groups is 1. The summed E-state index contributed by atoms with van der Waals surface area (Å²) in [6.45, 7) is 4.52. The maximum atomic E-state index is 11.9. The van der Waals surface area contributed by atoms with Crippen molar-refractivity contribution in [2.45, 2.75) is 83.1 Å². The van der Waals surface area contributed by atoms with Gasteiger partial charge in [-0.2, -0.15) is 24.9 Å². The van der Waals surface area contributed by atoms with Gasteiger partial charge in [0.15, 0.2) is 0 Å². The monoisotopic (exact) mass is 342 g/mol. The molecule has 0 rings (SSSR count). The highest BCUT2D eigenvalue weighted by molar-refractivity contribution is 7.99. The van der Waals surface area contributed by atoms with E-state index in [9.17, 15) is 18.0 Å². The van der Waals surface area contributed by atoms with Gasteiger partial charge in [0.2, 0.25) is 0 Å². The van der Waals surface area contributed by atoms with Crippen molar-refractivity contribution in [2.24, 2.45) is 0 Å². The molecular weight excluding hydrogens is 313 g/mol. The fourth-order valence-corrected chi connectivity index (χ4v) is 2.85. The third kappa shape index (κ3) is 16.0. The number of halogens is 3. The van der Waals surface area contributed by atoms with Crippen molar-refractivity contribution in [1.82, 2.24) is 0 Å². The highest BCUT2D eigenvalue weighted by Gasteiger charge is 2.25. The number of carbonyl (C=O) groups excluding carboxylic acids is 1. The lowest BCUT2D eigenvalue weighted by molar-refractivity contribution is -0.143. The van der Waals surface area contributed by atoms with Crippen LogP contribution in [-0.2, 0) is 9.53 Å². The zero-order chi connectivity index (χ0) is 16.8. The van der Waals surface area contributed by atoms with Crippen LogP contribution in [0.3, 0.4) is 0 Å². The van der Waals surface area contributed by atoms with Crippen LogP contribution in [0, 0.1) is 0 Å². The molecule has 0 aromatic heterocycles. The minimum atomic E-state index is -4.02. The van der Waals surface area contributed by atoms with Crippen LogP contribution < -0.4 is 0 Å². The maximum absolute atomic E-state index is 11.9. The Labute approximate surface area is 136 Å². The molecule has 0 aliphatic carbocycles. The first-order valence-electron chi connectivity index (χ1n) is 8.19. The molecule has 0 saturated carbocycles. The van der Waals surface area contributed by atoms with E-state index in [2.05, 4.69) is 6.92 Å². The number of unbranched alkanes of at least 4 members (excludes halogenated alkanes) is 5. The number of carbonyl (C=O) groups is 1. The summed E-state index contributed by atoms with van der Waals surface area (Å²) in [7, 11) is 0. The molecule has 0 N–H and O–H groups in total. The average Bonchev–Trinajstić information content (AvgIpc) is 2.43. The molecule has 0 aliphatic rings. The number of rotatable bonds is 13. The molecule has 1 atom stereocenters. The summed E-state index contributed by atoms with van der Waals surface area (Å²) in [6, 6.07) is 0. The van der Waals surface area contributed by atoms with Gasteiger partial charge in [-0.15, -0.1) is 0 Å². The van der Waals surface area contributed by atoms with Gasteiger partial charge in [0, 0.05) is 18.1 Å². The van der Waals surface area contributed by atoms with E-state index in [0.717, 1.165) is 37.9 Å². The van der Waals surface area contributed by atoms with Crippen LogP contribution in [0.4, 0.5) is 13.2 Å². The van der Waals surface area contributed by atoms with Gasteiger partial charge in [-0.1, -0.05) is 32.6 Å². The molecule has 22 heavy (non-hydrogen) atoms. The average molecular weight is 342 g/mol. The molecule has 0 fully saturated rings. The van der Waals surface area contributed by atoms with Crippen molar-refractivity contribution in [3.8, 4) is 0 Å². The van der Waals surface area contributed by atoms with Gasteiger partial charge in [-0.05, 0) is 31.9 Å².